The van der Waals surface area contributed by atoms with Crippen molar-refractivity contribution >= 4 is 17.8 Å². The second-order valence-electron chi connectivity index (χ2n) is 4.37. The number of carbonyl (C=O) groups excluding carboxylic acids is 3. The van der Waals surface area contributed by atoms with Crippen molar-refractivity contribution in [3.05, 3.63) is 47.3 Å². The summed E-state index contributed by atoms with van der Waals surface area (Å²) in [7, 11) is 0. The van der Waals surface area contributed by atoms with Crippen LogP contribution >= 0.6 is 0 Å². The SMILES string of the molecule is CCOC(=O)/C(F)=C/CCN1C(=O)c2ccccc2C1=O. The summed E-state index contributed by atoms with van der Waals surface area (Å²) < 4.78 is 17.8. The molecule has 0 aliphatic carbocycles. The highest BCUT2D eigenvalue weighted by Crippen LogP contribution is 2.22. The highest BCUT2D eigenvalue weighted by molar-refractivity contribution is 6.21. The largest absolute Gasteiger partial charge is 0.461 e. The average molecular weight is 291 g/mol. The van der Waals surface area contributed by atoms with E-state index in [2.05, 4.69) is 4.74 Å². The van der Waals surface area contributed by atoms with Crippen molar-refractivity contribution in [2.24, 2.45) is 0 Å². The molecular formula is C15H14FNO4. The number of imide groups is 1. The summed E-state index contributed by atoms with van der Waals surface area (Å²) >= 11 is 0. The average Bonchev–Trinajstić information content (AvgIpc) is 2.73. The number of hydrogen-bond donors (Lipinski definition) is 0. The van der Waals surface area contributed by atoms with Crippen LogP contribution in [0.15, 0.2) is 36.2 Å². The van der Waals surface area contributed by atoms with Gasteiger partial charge in [-0.25, -0.2) is 4.79 Å². The lowest BCUT2D eigenvalue weighted by atomic mass is 10.1. The molecule has 6 heteroatoms. The summed E-state index contributed by atoms with van der Waals surface area (Å²) in [6.45, 7) is 1.67. The molecule has 0 spiro atoms. The van der Waals surface area contributed by atoms with Gasteiger partial charge in [-0.15, -0.1) is 0 Å². The van der Waals surface area contributed by atoms with E-state index in [1.165, 1.54) is 0 Å². The van der Waals surface area contributed by atoms with Gasteiger partial charge >= 0.3 is 5.97 Å². The molecule has 21 heavy (non-hydrogen) atoms. The Balaban J connectivity index is 2.00. The van der Waals surface area contributed by atoms with Gasteiger partial charge in [0.1, 0.15) is 0 Å². The zero-order valence-electron chi connectivity index (χ0n) is 11.5. The minimum absolute atomic E-state index is 0.0131. The first-order valence-corrected chi connectivity index (χ1v) is 6.54. The Morgan fingerprint density at radius 2 is 1.81 bits per heavy atom. The lowest BCUT2D eigenvalue weighted by molar-refractivity contribution is -0.140. The maximum atomic E-state index is 13.3. The Hall–Kier alpha value is -2.50. The number of rotatable bonds is 5. The highest BCUT2D eigenvalue weighted by Gasteiger charge is 2.34. The molecule has 5 nitrogen and oxygen atoms in total. The van der Waals surface area contributed by atoms with E-state index in [0.29, 0.717) is 11.1 Å². The number of esters is 1. The first-order valence-electron chi connectivity index (χ1n) is 6.54. The molecule has 0 aromatic heterocycles. The van der Waals surface area contributed by atoms with Gasteiger partial charge in [-0.1, -0.05) is 12.1 Å². The monoisotopic (exact) mass is 291 g/mol. The molecule has 0 unspecified atom stereocenters. The van der Waals surface area contributed by atoms with Crippen molar-refractivity contribution in [2.45, 2.75) is 13.3 Å². The van der Waals surface area contributed by atoms with E-state index >= 15 is 0 Å². The normalized spacial score (nSPS) is 14.4. The summed E-state index contributed by atoms with van der Waals surface area (Å²) in [4.78, 5) is 36.1. The number of hydrogen-bond acceptors (Lipinski definition) is 4. The van der Waals surface area contributed by atoms with Gasteiger partial charge in [0.2, 0.25) is 5.83 Å². The Bertz CT molecular complexity index is 589. The van der Waals surface area contributed by atoms with Gasteiger partial charge in [-0.2, -0.15) is 4.39 Å². The number of fused-ring (bicyclic) bond motifs is 1. The first-order chi connectivity index (χ1) is 10.1. The van der Waals surface area contributed by atoms with Gasteiger partial charge in [-0.3, -0.25) is 14.5 Å². The van der Waals surface area contributed by atoms with Crippen molar-refractivity contribution < 1.29 is 23.5 Å². The Labute approximate surface area is 121 Å². The van der Waals surface area contributed by atoms with E-state index in [0.717, 1.165) is 11.0 Å². The van der Waals surface area contributed by atoms with Crippen LogP contribution in [0.1, 0.15) is 34.1 Å². The van der Waals surface area contributed by atoms with Crippen molar-refractivity contribution in [2.75, 3.05) is 13.2 Å². The summed E-state index contributed by atoms with van der Waals surface area (Å²) in [6.07, 6.45) is 1.07. The van der Waals surface area contributed by atoms with Crippen LogP contribution in [0.25, 0.3) is 0 Å². The quantitative estimate of drug-likeness (QED) is 0.473. The number of ether oxygens (including phenoxy) is 1. The molecule has 0 saturated heterocycles. The standard InChI is InChI=1S/C15H14FNO4/c1-2-21-15(20)12(16)8-5-9-17-13(18)10-6-3-4-7-11(10)14(17)19/h3-4,6-8H,2,5,9H2,1H3/b12-8-. The molecule has 110 valence electrons. The van der Waals surface area contributed by atoms with Crippen LogP contribution in [0.4, 0.5) is 4.39 Å². The molecule has 1 aliphatic rings. The van der Waals surface area contributed by atoms with E-state index in [9.17, 15) is 18.8 Å². The van der Waals surface area contributed by atoms with Crippen LogP contribution in [-0.2, 0) is 9.53 Å². The van der Waals surface area contributed by atoms with E-state index in [-0.39, 0.29) is 19.6 Å². The van der Waals surface area contributed by atoms with Crippen LogP contribution in [0.5, 0.6) is 0 Å². The maximum Gasteiger partial charge on any atom is 0.366 e. The van der Waals surface area contributed by atoms with E-state index in [4.69, 9.17) is 0 Å². The summed E-state index contributed by atoms with van der Waals surface area (Å²) in [5, 5.41) is 0. The molecule has 1 aromatic carbocycles. The van der Waals surface area contributed by atoms with Crippen LogP contribution < -0.4 is 0 Å². The van der Waals surface area contributed by atoms with Crippen molar-refractivity contribution in [3.63, 3.8) is 0 Å². The van der Waals surface area contributed by atoms with Gasteiger partial charge in [0, 0.05) is 6.54 Å². The van der Waals surface area contributed by atoms with Crippen LogP contribution in [0, 0.1) is 0 Å². The fraction of sp³-hybridized carbons (Fsp3) is 0.267. The predicted molar refractivity (Wildman–Crippen MR) is 72.3 cm³/mol. The van der Waals surface area contributed by atoms with Gasteiger partial charge in [0.25, 0.3) is 11.8 Å². The minimum Gasteiger partial charge on any atom is -0.461 e. The molecule has 1 heterocycles. The van der Waals surface area contributed by atoms with Crippen molar-refractivity contribution in [3.8, 4) is 0 Å². The summed E-state index contributed by atoms with van der Waals surface area (Å²) in [5.41, 5.74) is 0.690. The van der Waals surface area contributed by atoms with E-state index < -0.39 is 23.6 Å². The zero-order valence-corrected chi connectivity index (χ0v) is 11.5. The Kier molecular flexibility index (Phi) is 4.47. The highest BCUT2D eigenvalue weighted by atomic mass is 19.1. The topological polar surface area (TPSA) is 63.7 Å². The van der Waals surface area contributed by atoms with Crippen LogP contribution in [0.3, 0.4) is 0 Å². The molecule has 1 aliphatic heterocycles. The number of nitrogens with zero attached hydrogens (tertiary/aromatic N) is 1. The lowest BCUT2D eigenvalue weighted by Gasteiger charge is -2.11. The number of amides is 2. The zero-order chi connectivity index (χ0) is 15.4. The van der Waals surface area contributed by atoms with Gasteiger partial charge in [0.05, 0.1) is 17.7 Å². The lowest BCUT2D eigenvalue weighted by Crippen LogP contribution is -2.30. The number of halogens is 1. The summed E-state index contributed by atoms with van der Waals surface area (Å²) in [5.74, 6) is -2.87. The minimum atomic E-state index is -1.04. The maximum absolute atomic E-state index is 13.3. The number of benzene rings is 1. The van der Waals surface area contributed by atoms with Gasteiger partial charge < -0.3 is 4.74 Å². The van der Waals surface area contributed by atoms with E-state index in [1.54, 1.807) is 31.2 Å². The third-order valence-corrected chi connectivity index (χ3v) is 3.02. The summed E-state index contributed by atoms with van der Waals surface area (Å²) in [6, 6.07) is 6.50. The predicted octanol–water partition coefficient (Wildman–Crippen LogP) is 2.09. The molecule has 0 fully saturated rings. The third kappa shape index (κ3) is 2.99. The fourth-order valence-electron chi connectivity index (χ4n) is 2.05. The van der Waals surface area contributed by atoms with E-state index in [1.807, 2.05) is 0 Å². The molecule has 0 bridgehead atoms. The fourth-order valence-corrected chi connectivity index (χ4v) is 2.05. The van der Waals surface area contributed by atoms with Crippen molar-refractivity contribution in [1.29, 1.82) is 0 Å². The molecule has 2 rings (SSSR count). The van der Waals surface area contributed by atoms with Gasteiger partial charge in [-0.05, 0) is 31.6 Å². The van der Waals surface area contributed by atoms with Crippen LogP contribution in [-0.4, -0.2) is 35.8 Å². The van der Waals surface area contributed by atoms with Crippen molar-refractivity contribution in [1.82, 2.24) is 4.90 Å². The molecule has 0 N–H and O–H groups in total. The molecule has 2 amide bonds. The molecule has 0 radical (unpaired) electrons. The Morgan fingerprint density at radius 1 is 1.24 bits per heavy atom. The van der Waals surface area contributed by atoms with Gasteiger partial charge in [0.15, 0.2) is 0 Å². The Morgan fingerprint density at radius 3 is 2.33 bits per heavy atom. The smallest absolute Gasteiger partial charge is 0.366 e. The molecule has 0 atom stereocenters. The number of carbonyl (C=O) groups is 3. The second-order valence-corrected chi connectivity index (χ2v) is 4.37. The second kappa shape index (κ2) is 6.30. The molecule has 0 saturated carbocycles. The molecular weight excluding hydrogens is 277 g/mol. The molecule has 1 aromatic rings. The van der Waals surface area contributed by atoms with Crippen LogP contribution in [0.2, 0.25) is 0 Å². The first kappa shape index (κ1) is 14.9. The third-order valence-electron chi connectivity index (χ3n) is 3.02.